The smallest absolute Gasteiger partial charge is 0.497 e. The Balaban J connectivity index is 0.000000322. The number of rotatable bonds is 10. The number of nitrogens with zero attached hydrogens (tertiary/aromatic N) is 3. The molecule has 2 N–H and O–H groups in total. The van der Waals surface area contributed by atoms with Crippen LogP contribution < -0.4 is 24.8 Å². The summed E-state index contributed by atoms with van der Waals surface area (Å²) >= 11 is 0. The summed E-state index contributed by atoms with van der Waals surface area (Å²) in [6.45, 7) is 0.209. The minimum absolute atomic E-state index is 0.0207. The predicted molar refractivity (Wildman–Crippen MR) is 131 cm³/mol. The van der Waals surface area contributed by atoms with Crippen LogP contribution in [0.15, 0.2) is 42.6 Å². The largest absolute Gasteiger partial charge is 0.573 e. The monoisotopic (exact) mass is 558 g/mol. The zero-order chi connectivity index (χ0) is 29.3. The number of aryl methyl sites for hydroxylation is 1. The molecule has 0 bridgehead atoms. The predicted octanol–water partition coefficient (Wildman–Crippen LogP) is 4.21. The van der Waals surface area contributed by atoms with E-state index in [0.29, 0.717) is 17.9 Å². The second kappa shape index (κ2) is 13.4. The van der Waals surface area contributed by atoms with Gasteiger partial charge in [0, 0.05) is 56.2 Å². The molecule has 39 heavy (non-hydrogen) atoms. The first kappa shape index (κ1) is 30.9. The number of carbonyl (C=O) groups excluding carboxylic acids is 2. The number of carbonyl (C=O) groups is 2. The number of ether oxygens (including phenoxy) is 3. The van der Waals surface area contributed by atoms with Crippen molar-refractivity contribution in [2.45, 2.75) is 18.7 Å². The lowest BCUT2D eigenvalue weighted by Gasteiger charge is -2.25. The molecule has 3 aromatic rings. The van der Waals surface area contributed by atoms with Gasteiger partial charge in [0.05, 0.1) is 20.4 Å². The SMILES string of the molecule is COc1cc(F)c(C(CC=O)CN(C)c2cn(C)nc2OC)c(F)c1.NC(=O)c1ccc(OC(F)(F)F)cc1. The Hall–Kier alpha value is -4.36. The van der Waals surface area contributed by atoms with Crippen LogP contribution in [0.2, 0.25) is 0 Å². The van der Waals surface area contributed by atoms with Crippen LogP contribution in [-0.2, 0) is 11.8 Å². The van der Waals surface area contributed by atoms with E-state index in [0.717, 1.165) is 36.4 Å². The number of halogens is 5. The fourth-order valence-corrected chi connectivity index (χ4v) is 3.58. The molecule has 0 aliphatic rings. The van der Waals surface area contributed by atoms with E-state index in [1.165, 1.54) is 14.2 Å². The Morgan fingerprint density at radius 1 is 1.10 bits per heavy atom. The van der Waals surface area contributed by atoms with Crippen molar-refractivity contribution < 1.29 is 45.8 Å². The maximum absolute atomic E-state index is 14.4. The minimum Gasteiger partial charge on any atom is -0.497 e. The fourth-order valence-electron chi connectivity index (χ4n) is 3.58. The normalized spacial score (nSPS) is 11.6. The lowest BCUT2D eigenvalue weighted by atomic mass is 9.94. The Bertz CT molecular complexity index is 1240. The summed E-state index contributed by atoms with van der Waals surface area (Å²) in [5.41, 5.74) is 5.54. The van der Waals surface area contributed by atoms with Crippen LogP contribution in [0.3, 0.4) is 0 Å². The number of alkyl halides is 3. The van der Waals surface area contributed by atoms with Gasteiger partial charge >= 0.3 is 6.36 Å². The van der Waals surface area contributed by atoms with E-state index in [9.17, 15) is 31.5 Å². The molecule has 2 aromatic carbocycles. The van der Waals surface area contributed by atoms with Gasteiger partial charge in [-0.25, -0.2) is 8.78 Å². The Morgan fingerprint density at radius 3 is 2.15 bits per heavy atom. The average Bonchev–Trinajstić information content (AvgIpc) is 3.24. The van der Waals surface area contributed by atoms with Crippen LogP contribution in [0.1, 0.15) is 28.3 Å². The van der Waals surface area contributed by atoms with Gasteiger partial charge in [-0.3, -0.25) is 9.48 Å². The van der Waals surface area contributed by atoms with Gasteiger partial charge in [-0.05, 0) is 24.3 Å². The van der Waals surface area contributed by atoms with Crippen molar-refractivity contribution in [2.24, 2.45) is 12.8 Å². The molecule has 0 saturated heterocycles. The Kier molecular flexibility index (Phi) is 10.6. The zero-order valence-corrected chi connectivity index (χ0v) is 21.5. The Morgan fingerprint density at radius 2 is 1.69 bits per heavy atom. The quantitative estimate of drug-likeness (QED) is 0.293. The number of anilines is 1. The van der Waals surface area contributed by atoms with E-state index in [4.69, 9.17) is 15.2 Å². The number of hydrogen-bond donors (Lipinski definition) is 1. The lowest BCUT2D eigenvalue weighted by molar-refractivity contribution is -0.274. The van der Waals surface area contributed by atoms with Gasteiger partial charge in [0.25, 0.3) is 5.88 Å². The summed E-state index contributed by atoms with van der Waals surface area (Å²) in [5.74, 6) is -2.76. The van der Waals surface area contributed by atoms with E-state index < -0.39 is 29.8 Å². The highest BCUT2D eigenvalue weighted by Crippen LogP contribution is 2.32. The minimum atomic E-state index is -4.73. The molecule has 1 atom stereocenters. The third-order valence-electron chi connectivity index (χ3n) is 5.33. The van der Waals surface area contributed by atoms with Gasteiger partial charge in [0.2, 0.25) is 5.91 Å². The molecule has 9 nitrogen and oxygen atoms in total. The van der Waals surface area contributed by atoms with Crippen molar-refractivity contribution in [1.82, 2.24) is 9.78 Å². The summed E-state index contributed by atoms with van der Waals surface area (Å²) in [5, 5.41) is 4.15. The summed E-state index contributed by atoms with van der Waals surface area (Å²) in [7, 11) is 6.31. The summed E-state index contributed by atoms with van der Waals surface area (Å²) < 4.78 is 79.0. The highest BCUT2D eigenvalue weighted by molar-refractivity contribution is 5.92. The molecule has 0 fully saturated rings. The molecule has 1 amide bonds. The van der Waals surface area contributed by atoms with Crippen LogP contribution in [0.25, 0.3) is 0 Å². The molecule has 3 rings (SSSR count). The second-order valence-corrected chi connectivity index (χ2v) is 8.12. The molecule has 212 valence electrons. The first-order valence-electron chi connectivity index (χ1n) is 11.2. The van der Waals surface area contributed by atoms with Gasteiger partial charge in [-0.2, -0.15) is 0 Å². The average molecular weight is 559 g/mol. The first-order valence-corrected chi connectivity index (χ1v) is 11.2. The lowest BCUT2D eigenvalue weighted by Crippen LogP contribution is -2.26. The van der Waals surface area contributed by atoms with E-state index in [2.05, 4.69) is 9.84 Å². The molecule has 1 aromatic heterocycles. The van der Waals surface area contributed by atoms with Crippen molar-refractivity contribution in [3.8, 4) is 17.4 Å². The van der Waals surface area contributed by atoms with Crippen molar-refractivity contribution >= 4 is 17.9 Å². The van der Waals surface area contributed by atoms with Gasteiger partial charge in [-0.1, -0.05) is 0 Å². The summed E-state index contributed by atoms with van der Waals surface area (Å²) in [6.07, 6.45) is -2.36. The van der Waals surface area contributed by atoms with E-state index in [-0.39, 0.29) is 35.6 Å². The Labute approximate surface area is 220 Å². The van der Waals surface area contributed by atoms with E-state index >= 15 is 0 Å². The van der Waals surface area contributed by atoms with Crippen LogP contribution >= 0.6 is 0 Å². The van der Waals surface area contributed by atoms with Gasteiger partial charge in [0.15, 0.2) is 0 Å². The third-order valence-corrected chi connectivity index (χ3v) is 5.33. The fraction of sp³-hybridized carbons (Fsp3) is 0.320. The van der Waals surface area contributed by atoms with Crippen molar-refractivity contribution in [1.29, 1.82) is 0 Å². The highest BCUT2D eigenvalue weighted by atomic mass is 19.4. The number of methoxy groups -OCH3 is 2. The topological polar surface area (TPSA) is 109 Å². The number of primary amides is 1. The molecule has 0 radical (unpaired) electrons. The number of hydrogen-bond acceptors (Lipinski definition) is 7. The van der Waals surface area contributed by atoms with Crippen molar-refractivity contribution in [2.75, 3.05) is 32.7 Å². The molecular weight excluding hydrogens is 531 g/mol. The standard InChI is InChI=1S/C17H21F2N3O3.C8H6F3NO2/c1-21(15-10-22(2)20-17(15)25-4)9-11(5-6-23)16-13(18)7-12(24-3)8-14(16)19;9-8(10,11)14-6-3-1-5(2-4-6)7(12)13/h6-8,10-11H,5,9H2,1-4H3;1-4H,(H2,12,13). The molecule has 0 saturated carbocycles. The number of aromatic nitrogens is 2. The van der Waals surface area contributed by atoms with Crippen LogP contribution in [0.4, 0.5) is 27.6 Å². The number of benzene rings is 2. The molecule has 1 heterocycles. The van der Waals surface area contributed by atoms with E-state index in [1.807, 2.05) is 0 Å². The van der Waals surface area contributed by atoms with Crippen LogP contribution in [-0.4, -0.2) is 56.1 Å². The molecule has 14 heteroatoms. The van der Waals surface area contributed by atoms with Gasteiger partial charge < -0.3 is 29.6 Å². The zero-order valence-electron chi connectivity index (χ0n) is 21.5. The molecular formula is C25H27F5N4O5. The van der Waals surface area contributed by atoms with Gasteiger partial charge in [-0.15, -0.1) is 18.3 Å². The summed E-state index contributed by atoms with van der Waals surface area (Å²) in [6, 6.07) is 6.58. The van der Waals surface area contributed by atoms with E-state index in [1.54, 1.807) is 29.9 Å². The highest BCUT2D eigenvalue weighted by Gasteiger charge is 2.31. The summed E-state index contributed by atoms with van der Waals surface area (Å²) in [4.78, 5) is 23.4. The number of likely N-dealkylation sites (N-methyl/N-ethyl adjacent to an activating group) is 1. The van der Waals surface area contributed by atoms with Crippen molar-refractivity contribution in [3.05, 3.63) is 65.4 Å². The third kappa shape index (κ3) is 8.86. The van der Waals surface area contributed by atoms with Gasteiger partial charge in [0.1, 0.15) is 35.1 Å². The van der Waals surface area contributed by atoms with Crippen LogP contribution in [0.5, 0.6) is 17.4 Å². The molecule has 0 spiro atoms. The maximum atomic E-state index is 14.4. The first-order chi connectivity index (χ1) is 18.3. The number of aldehydes is 1. The molecule has 0 aliphatic heterocycles. The second-order valence-electron chi connectivity index (χ2n) is 8.12. The maximum Gasteiger partial charge on any atom is 0.573 e. The van der Waals surface area contributed by atoms with Crippen molar-refractivity contribution in [3.63, 3.8) is 0 Å². The number of nitrogens with two attached hydrogens (primary N) is 1. The van der Waals surface area contributed by atoms with Crippen LogP contribution in [0, 0.1) is 11.6 Å². The molecule has 1 unspecified atom stereocenters. The molecule has 0 aliphatic carbocycles. The number of amides is 1.